The average Bonchev–Trinajstić information content (AvgIpc) is 3.33. The standard InChI is InChI=1S/C19H22N6O8S/c1-24(2)16-13-17(21-8-20-16)25(9-22-13)19-15(28)14(27)12(33-19)7-32-34(30,31)23-18(29)10-5-3-4-6-11(10)26/h3-6,8-9,12,14-15,19,26-28H,7H2,1-2H3,(H,23,29)/t12-,14-,15-,19-/m1/s1. The number of aromatic hydroxyl groups is 1. The minimum absolute atomic E-state index is 0.270. The van der Waals surface area contributed by atoms with Crippen molar-refractivity contribution in [1.82, 2.24) is 24.2 Å². The fourth-order valence-electron chi connectivity index (χ4n) is 3.47. The van der Waals surface area contributed by atoms with E-state index in [-0.39, 0.29) is 5.56 Å². The summed E-state index contributed by atoms with van der Waals surface area (Å²) in [7, 11) is -1.07. The monoisotopic (exact) mass is 494 g/mol. The first-order valence-electron chi connectivity index (χ1n) is 9.95. The third kappa shape index (κ3) is 4.51. The van der Waals surface area contributed by atoms with Gasteiger partial charge in [-0.05, 0) is 12.1 Å². The highest BCUT2D eigenvalue weighted by atomic mass is 32.2. The second-order valence-corrected chi connectivity index (χ2v) is 9.00. The number of para-hydroxylation sites is 1. The number of anilines is 1. The molecule has 3 heterocycles. The number of phenolic OH excluding ortho intramolecular Hbond substituents is 1. The number of amides is 1. The van der Waals surface area contributed by atoms with Gasteiger partial charge in [-0.15, -0.1) is 0 Å². The van der Waals surface area contributed by atoms with Gasteiger partial charge in [0.15, 0.2) is 23.2 Å². The number of carbonyl (C=O) groups excluding carboxylic acids is 1. The minimum Gasteiger partial charge on any atom is -0.507 e. The number of phenols is 1. The van der Waals surface area contributed by atoms with E-state index in [2.05, 4.69) is 15.0 Å². The molecule has 1 fully saturated rings. The van der Waals surface area contributed by atoms with Gasteiger partial charge in [-0.3, -0.25) is 13.5 Å². The predicted molar refractivity (Wildman–Crippen MR) is 116 cm³/mol. The smallest absolute Gasteiger partial charge is 0.362 e. The van der Waals surface area contributed by atoms with E-state index in [1.807, 2.05) is 0 Å². The predicted octanol–water partition coefficient (Wildman–Crippen LogP) is -1.09. The molecular weight excluding hydrogens is 472 g/mol. The van der Waals surface area contributed by atoms with Crippen molar-refractivity contribution in [2.24, 2.45) is 0 Å². The Hall–Kier alpha value is -3.37. The molecule has 1 aliphatic rings. The summed E-state index contributed by atoms with van der Waals surface area (Å²) in [5.41, 5.74) is 0.499. The normalized spacial score (nSPS) is 22.7. The van der Waals surface area contributed by atoms with Gasteiger partial charge in [0.2, 0.25) is 0 Å². The van der Waals surface area contributed by atoms with Crippen LogP contribution in [0.1, 0.15) is 16.6 Å². The van der Waals surface area contributed by atoms with E-state index in [0.29, 0.717) is 17.0 Å². The molecule has 1 amide bonds. The molecule has 3 aromatic rings. The molecule has 1 aromatic carbocycles. The summed E-state index contributed by atoms with van der Waals surface area (Å²) in [5.74, 6) is -0.988. The maximum atomic E-state index is 12.2. The summed E-state index contributed by atoms with van der Waals surface area (Å²) in [6.45, 7) is -0.706. The van der Waals surface area contributed by atoms with Crippen molar-refractivity contribution in [3.8, 4) is 5.75 Å². The number of nitrogens with zero attached hydrogens (tertiary/aromatic N) is 5. The first kappa shape index (κ1) is 23.8. The van der Waals surface area contributed by atoms with Crippen LogP contribution in [-0.4, -0.2) is 88.2 Å². The minimum atomic E-state index is -4.62. The Morgan fingerprint density at radius 1 is 1.21 bits per heavy atom. The number of carbonyl (C=O) groups is 1. The topological polar surface area (TPSA) is 189 Å². The van der Waals surface area contributed by atoms with E-state index in [1.165, 1.54) is 41.5 Å². The zero-order valence-electron chi connectivity index (χ0n) is 18.0. The second-order valence-electron chi connectivity index (χ2n) is 7.65. The second kappa shape index (κ2) is 9.11. The van der Waals surface area contributed by atoms with Crippen LogP contribution >= 0.6 is 0 Å². The molecular formula is C19H22N6O8S. The Kier molecular flexibility index (Phi) is 6.37. The number of aliphatic hydroxyl groups is 2. The van der Waals surface area contributed by atoms with Crippen LogP contribution in [0, 0.1) is 0 Å². The summed E-state index contributed by atoms with van der Waals surface area (Å²) in [6.07, 6.45) is -2.70. The summed E-state index contributed by atoms with van der Waals surface area (Å²) < 4.78 is 37.8. The van der Waals surface area contributed by atoms with Crippen molar-refractivity contribution < 1.29 is 37.5 Å². The quantitative estimate of drug-likeness (QED) is 0.311. The van der Waals surface area contributed by atoms with Gasteiger partial charge >= 0.3 is 10.3 Å². The zero-order chi connectivity index (χ0) is 24.6. The van der Waals surface area contributed by atoms with Crippen LogP contribution in [0.5, 0.6) is 5.75 Å². The van der Waals surface area contributed by atoms with Gasteiger partial charge in [-0.2, -0.15) is 8.42 Å². The number of nitrogens with one attached hydrogen (secondary N) is 1. The molecule has 0 aliphatic carbocycles. The molecule has 182 valence electrons. The molecule has 0 bridgehead atoms. The lowest BCUT2D eigenvalue weighted by Gasteiger charge is -2.17. The molecule has 0 unspecified atom stereocenters. The molecule has 0 saturated carbocycles. The Bertz CT molecular complexity index is 1310. The van der Waals surface area contributed by atoms with Crippen LogP contribution in [-0.2, 0) is 19.2 Å². The highest BCUT2D eigenvalue weighted by Gasteiger charge is 2.45. The summed E-state index contributed by atoms with van der Waals surface area (Å²) in [6, 6.07) is 5.36. The lowest BCUT2D eigenvalue weighted by atomic mass is 10.1. The Morgan fingerprint density at radius 2 is 1.94 bits per heavy atom. The maximum absolute atomic E-state index is 12.2. The van der Waals surface area contributed by atoms with Crippen LogP contribution in [0.25, 0.3) is 11.2 Å². The van der Waals surface area contributed by atoms with Crippen LogP contribution in [0.2, 0.25) is 0 Å². The third-order valence-electron chi connectivity index (χ3n) is 5.13. The van der Waals surface area contributed by atoms with E-state index >= 15 is 0 Å². The van der Waals surface area contributed by atoms with E-state index in [1.54, 1.807) is 23.7 Å². The van der Waals surface area contributed by atoms with Gasteiger partial charge in [-0.1, -0.05) is 12.1 Å². The lowest BCUT2D eigenvalue weighted by Crippen LogP contribution is -2.37. The highest BCUT2D eigenvalue weighted by molar-refractivity contribution is 7.85. The van der Waals surface area contributed by atoms with Gasteiger partial charge in [-0.25, -0.2) is 19.7 Å². The number of imidazole rings is 1. The number of benzene rings is 1. The average molecular weight is 494 g/mol. The number of aliphatic hydroxyl groups excluding tert-OH is 2. The molecule has 2 aromatic heterocycles. The maximum Gasteiger partial charge on any atom is 0.362 e. The van der Waals surface area contributed by atoms with Gasteiger partial charge in [0.05, 0.1) is 18.5 Å². The molecule has 15 heteroatoms. The van der Waals surface area contributed by atoms with E-state index in [9.17, 15) is 28.5 Å². The van der Waals surface area contributed by atoms with Crippen LogP contribution in [0.3, 0.4) is 0 Å². The molecule has 0 radical (unpaired) electrons. The Labute approximate surface area is 193 Å². The number of hydrogen-bond acceptors (Lipinski definition) is 12. The summed E-state index contributed by atoms with van der Waals surface area (Å²) in [5, 5.41) is 30.6. The van der Waals surface area contributed by atoms with Crippen molar-refractivity contribution in [3.05, 3.63) is 42.5 Å². The molecule has 4 N–H and O–H groups in total. The van der Waals surface area contributed by atoms with Crippen LogP contribution < -0.4 is 9.62 Å². The zero-order valence-corrected chi connectivity index (χ0v) is 18.8. The van der Waals surface area contributed by atoms with Gasteiger partial charge in [0.25, 0.3) is 5.91 Å². The van der Waals surface area contributed by atoms with Gasteiger partial charge in [0.1, 0.15) is 30.4 Å². The molecule has 4 rings (SSSR count). The van der Waals surface area contributed by atoms with E-state index in [4.69, 9.17) is 8.92 Å². The molecule has 34 heavy (non-hydrogen) atoms. The summed E-state index contributed by atoms with van der Waals surface area (Å²) in [4.78, 5) is 26.4. The lowest BCUT2D eigenvalue weighted by molar-refractivity contribution is -0.0468. The Morgan fingerprint density at radius 3 is 2.65 bits per heavy atom. The van der Waals surface area contributed by atoms with Crippen molar-refractivity contribution in [3.63, 3.8) is 0 Å². The Balaban J connectivity index is 1.46. The molecule has 0 spiro atoms. The molecule has 1 saturated heterocycles. The van der Waals surface area contributed by atoms with Gasteiger partial charge in [0, 0.05) is 14.1 Å². The van der Waals surface area contributed by atoms with E-state index in [0.717, 1.165) is 0 Å². The summed E-state index contributed by atoms with van der Waals surface area (Å²) >= 11 is 0. The SMILES string of the molecule is CN(C)c1ncnc2c1ncn2[C@@H]1O[C@H](COS(=O)(=O)NC(=O)c2ccccc2O)[C@@H](O)[C@H]1O. The number of fused-ring (bicyclic) bond motifs is 1. The van der Waals surface area contributed by atoms with Crippen molar-refractivity contribution in [1.29, 1.82) is 0 Å². The molecule has 14 nitrogen and oxygen atoms in total. The number of hydrogen-bond donors (Lipinski definition) is 4. The fourth-order valence-corrected chi connectivity index (χ4v) is 4.18. The first-order valence-corrected chi connectivity index (χ1v) is 11.4. The molecule has 1 aliphatic heterocycles. The fraction of sp³-hybridized carbons (Fsp3) is 0.368. The third-order valence-corrected chi connectivity index (χ3v) is 6.01. The van der Waals surface area contributed by atoms with Crippen LogP contribution in [0.4, 0.5) is 5.82 Å². The highest BCUT2D eigenvalue weighted by Crippen LogP contribution is 2.32. The van der Waals surface area contributed by atoms with Crippen LogP contribution in [0.15, 0.2) is 36.9 Å². The van der Waals surface area contributed by atoms with E-state index < -0.39 is 53.1 Å². The van der Waals surface area contributed by atoms with Crippen molar-refractivity contribution in [2.75, 3.05) is 25.6 Å². The largest absolute Gasteiger partial charge is 0.507 e. The van der Waals surface area contributed by atoms with Crippen molar-refractivity contribution in [2.45, 2.75) is 24.5 Å². The first-order chi connectivity index (χ1) is 16.1. The number of ether oxygens (including phenoxy) is 1. The number of aromatic nitrogens is 4. The van der Waals surface area contributed by atoms with Gasteiger partial charge < -0.3 is 25.0 Å². The van der Waals surface area contributed by atoms with Crippen molar-refractivity contribution >= 4 is 33.2 Å². The molecule has 4 atom stereocenters. The number of rotatable bonds is 7.